The Morgan fingerprint density at radius 3 is 2.55 bits per heavy atom. The highest BCUT2D eigenvalue weighted by Gasteiger charge is 2.25. The van der Waals surface area contributed by atoms with Crippen LogP contribution in [0.4, 0.5) is 0 Å². The van der Waals surface area contributed by atoms with Crippen molar-refractivity contribution < 1.29 is 33.3 Å². The summed E-state index contributed by atoms with van der Waals surface area (Å²) >= 11 is 1.59. The molecule has 0 radical (unpaired) electrons. The summed E-state index contributed by atoms with van der Waals surface area (Å²) in [6.07, 6.45) is 2.11. The third-order valence-corrected chi connectivity index (χ3v) is 6.68. The standard InChI is InChI=1S/C29H31NO7S/c1-33-25-9-5-4-8-21(25)23-16-19(35-17-20-18-36-26-10-6-7-11-27(26)37-20)12-13-22(23)28(31)30-24(14-15-38-3)29(32)34-2/h4-13,16,20,24H,14-15,17-18H2,1-3H3,(H,30,31)/t20-,24-/m0/s1. The minimum absolute atomic E-state index is 0.254. The van der Waals surface area contributed by atoms with Crippen molar-refractivity contribution in [2.24, 2.45) is 0 Å². The number of ether oxygens (including phenoxy) is 5. The van der Waals surface area contributed by atoms with Gasteiger partial charge in [-0.1, -0.05) is 30.3 Å². The van der Waals surface area contributed by atoms with E-state index in [0.29, 0.717) is 52.9 Å². The number of esters is 1. The van der Waals surface area contributed by atoms with E-state index in [1.54, 1.807) is 37.1 Å². The first-order valence-electron chi connectivity index (χ1n) is 12.2. The number of methoxy groups -OCH3 is 2. The molecule has 9 heteroatoms. The van der Waals surface area contributed by atoms with Crippen LogP contribution in [0, 0.1) is 0 Å². The van der Waals surface area contributed by atoms with E-state index in [2.05, 4.69) is 5.32 Å². The summed E-state index contributed by atoms with van der Waals surface area (Å²) in [5, 5.41) is 2.83. The fourth-order valence-electron chi connectivity index (χ4n) is 4.10. The molecule has 1 aliphatic heterocycles. The second-order valence-electron chi connectivity index (χ2n) is 8.55. The molecular formula is C29H31NO7S. The molecule has 3 aromatic carbocycles. The van der Waals surface area contributed by atoms with E-state index in [0.717, 1.165) is 5.56 Å². The van der Waals surface area contributed by atoms with Crippen molar-refractivity contribution in [3.8, 4) is 34.1 Å². The molecule has 2 atom stereocenters. The zero-order chi connectivity index (χ0) is 26.9. The summed E-state index contributed by atoms with van der Waals surface area (Å²) in [7, 11) is 2.89. The zero-order valence-corrected chi connectivity index (χ0v) is 22.4. The number of fused-ring (bicyclic) bond motifs is 1. The highest BCUT2D eigenvalue weighted by Crippen LogP contribution is 2.35. The van der Waals surface area contributed by atoms with Crippen LogP contribution >= 0.6 is 11.8 Å². The number of hydrogen-bond acceptors (Lipinski definition) is 8. The number of hydrogen-bond donors (Lipinski definition) is 1. The van der Waals surface area contributed by atoms with Crippen LogP contribution in [0.3, 0.4) is 0 Å². The van der Waals surface area contributed by atoms with Crippen molar-refractivity contribution in [3.63, 3.8) is 0 Å². The minimum atomic E-state index is -0.757. The minimum Gasteiger partial charge on any atom is -0.496 e. The first kappa shape index (κ1) is 27.2. The summed E-state index contributed by atoms with van der Waals surface area (Å²) in [6, 6.07) is 19.4. The number of carbonyl (C=O) groups is 2. The van der Waals surface area contributed by atoms with Crippen molar-refractivity contribution in [1.82, 2.24) is 5.32 Å². The Bertz CT molecular complexity index is 1270. The number of rotatable bonds is 11. The van der Waals surface area contributed by atoms with Gasteiger partial charge in [0.2, 0.25) is 0 Å². The Balaban J connectivity index is 1.58. The summed E-state index contributed by atoms with van der Waals surface area (Å²) in [6.45, 7) is 0.617. The van der Waals surface area contributed by atoms with Gasteiger partial charge in [-0.15, -0.1) is 0 Å². The summed E-state index contributed by atoms with van der Waals surface area (Å²) in [5.74, 6) is 2.36. The fraction of sp³-hybridized carbons (Fsp3) is 0.310. The largest absolute Gasteiger partial charge is 0.496 e. The number of para-hydroxylation sites is 3. The zero-order valence-electron chi connectivity index (χ0n) is 21.6. The van der Waals surface area contributed by atoms with Crippen molar-refractivity contribution >= 4 is 23.6 Å². The van der Waals surface area contributed by atoms with Gasteiger partial charge in [-0.05, 0) is 54.8 Å². The van der Waals surface area contributed by atoms with Gasteiger partial charge < -0.3 is 29.0 Å². The van der Waals surface area contributed by atoms with Gasteiger partial charge in [-0.25, -0.2) is 4.79 Å². The van der Waals surface area contributed by atoms with Gasteiger partial charge in [0, 0.05) is 16.7 Å². The molecule has 3 aromatic rings. The number of carbonyl (C=O) groups excluding carboxylic acids is 2. The molecule has 1 amide bonds. The van der Waals surface area contributed by atoms with Gasteiger partial charge in [0.05, 0.1) is 14.2 Å². The lowest BCUT2D eigenvalue weighted by Crippen LogP contribution is -2.42. The number of benzene rings is 3. The lowest BCUT2D eigenvalue weighted by molar-refractivity contribution is -0.142. The van der Waals surface area contributed by atoms with E-state index in [-0.39, 0.29) is 12.7 Å². The molecule has 0 saturated carbocycles. The van der Waals surface area contributed by atoms with E-state index in [4.69, 9.17) is 23.7 Å². The molecule has 200 valence electrons. The van der Waals surface area contributed by atoms with E-state index < -0.39 is 17.9 Å². The maximum Gasteiger partial charge on any atom is 0.328 e. The summed E-state index contributed by atoms with van der Waals surface area (Å²) in [5.41, 5.74) is 1.71. The van der Waals surface area contributed by atoms with Gasteiger partial charge in [-0.3, -0.25) is 4.79 Å². The van der Waals surface area contributed by atoms with Crippen LogP contribution in [0.25, 0.3) is 11.1 Å². The quantitative estimate of drug-likeness (QED) is 0.355. The molecule has 0 aromatic heterocycles. The number of thioether (sulfide) groups is 1. The third kappa shape index (κ3) is 6.52. The average molecular weight is 538 g/mol. The highest BCUT2D eigenvalue weighted by atomic mass is 32.2. The van der Waals surface area contributed by atoms with Crippen LogP contribution < -0.4 is 24.3 Å². The topological polar surface area (TPSA) is 92.3 Å². The predicted molar refractivity (Wildman–Crippen MR) is 147 cm³/mol. The molecule has 38 heavy (non-hydrogen) atoms. The van der Waals surface area contributed by atoms with Gasteiger partial charge >= 0.3 is 5.97 Å². The van der Waals surface area contributed by atoms with Gasteiger partial charge in [0.1, 0.15) is 30.8 Å². The molecular weight excluding hydrogens is 506 g/mol. The Hall–Kier alpha value is -3.85. The molecule has 1 aliphatic rings. The number of nitrogens with one attached hydrogen (secondary N) is 1. The first-order chi connectivity index (χ1) is 18.5. The molecule has 1 heterocycles. The van der Waals surface area contributed by atoms with Crippen molar-refractivity contribution in [3.05, 3.63) is 72.3 Å². The van der Waals surface area contributed by atoms with Gasteiger partial charge in [0.25, 0.3) is 5.91 Å². The average Bonchev–Trinajstić information content (AvgIpc) is 2.97. The maximum absolute atomic E-state index is 13.4. The summed E-state index contributed by atoms with van der Waals surface area (Å²) < 4.78 is 28.3. The van der Waals surface area contributed by atoms with E-state index in [1.807, 2.05) is 54.8 Å². The fourth-order valence-corrected chi connectivity index (χ4v) is 4.57. The molecule has 1 N–H and O–H groups in total. The molecule has 0 aliphatic carbocycles. The van der Waals surface area contributed by atoms with Crippen molar-refractivity contribution in [1.29, 1.82) is 0 Å². The lowest BCUT2D eigenvalue weighted by Gasteiger charge is -2.26. The Kier molecular flexibility index (Phi) is 9.37. The van der Waals surface area contributed by atoms with E-state index in [9.17, 15) is 9.59 Å². The molecule has 8 nitrogen and oxygen atoms in total. The second-order valence-corrected chi connectivity index (χ2v) is 9.53. The molecule has 0 saturated heterocycles. The van der Waals surface area contributed by atoms with Crippen LogP contribution in [0.1, 0.15) is 16.8 Å². The highest BCUT2D eigenvalue weighted by molar-refractivity contribution is 7.98. The van der Waals surface area contributed by atoms with E-state index >= 15 is 0 Å². The van der Waals surface area contributed by atoms with Crippen LogP contribution in [0.2, 0.25) is 0 Å². The third-order valence-electron chi connectivity index (χ3n) is 6.04. The first-order valence-corrected chi connectivity index (χ1v) is 13.6. The monoisotopic (exact) mass is 537 g/mol. The van der Waals surface area contributed by atoms with Crippen LogP contribution in [-0.2, 0) is 9.53 Å². The SMILES string of the molecule is COC(=O)[C@H](CCSC)NC(=O)c1ccc(OC[C@H]2COc3ccccc3O2)cc1-c1ccccc1OC. The van der Waals surface area contributed by atoms with Crippen molar-refractivity contribution in [2.45, 2.75) is 18.6 Å². The lowest BCUT2D eigenvalue weighted by atomic mass is 9.97. The predicted octanol–water partition coefficient (Wildman–Crippen LogP) is 4.61. The van der Waals surface area contributed by atoms with E-state index in [1.165, 1.54) is 7.11 Å². The Morgan fingerprint density at radius 1 is 1.03 bits per heavy atom. The number of amides is 1. The maximum atomic E-state index is 13.4. The smallest absolute Gasteiger partial charge is 0.328 e. The second kappa shape index (κ2) is 13.1. The van der Waals surface area contributed by atoms with Crippen molar-refractivity contribution in [2.75, 3.05) is 39.4 Å². The van der Waals surface area contributed by atoms with Crippen LogP contribution in [0.15, 0.2) is 66.7 Å². The summed E-state index contributed by atoms with van der Waals surface area (Å²) in [4.78, 5) is 25.7. The molecule has 4 rings (SSSR count). The van der Waals surface area contributed by atoms with Gasteiger partial charge in [0.15, 0.2) is 17.6 Å². The normalized spacial score (nSPS) is 14.8. The molecule has 0 spiro atoms. The molecule has 0 fully saturated rings. The van der Waals surface area contributed by atoms with Gasteiger partial charge in [-0.2, -0.15) is 11.8 Å². The van der Waals surface area contributed by atoms with Crippen LogP contribution in [0.5, 0.6) is 23.0 Å². The van der Waals surface area contributed by atoms with Crippen LogP contribution in [-0.4, -0.2) is 63.5 Å². The molecule has 0 bridgehead atoms. The Labute approximate surface area is 226 Å². The Morgan fingerprint density at radius 2 is 1.79 bits per heavy atom. The molecule has 0 unspecified atom stereocenters.